The van der Waals surface area contributed by atoms with Gasteiger partial charge in [0.15, 0.2) is 0 Å². The number of nitrogens with zero attached hydrogens (tertiary/aromatic N) is 4. The lowest BCUT2D eigenvalue weighted by Gasteiger charge is -2.32. The number of sulfonamides is 1. The van der Waals surface area contributed by atoms with E-state index in [2.05, 4.69) is 15.0 Å². The summed E-state index contributed by atoms with van der Waals surface area (Å²) in [5.74, 6) is -0.467. The van der Waals surface area contributed by atoms with Crippen LogP contribution in [0.3, 0.4) is 0 Å². The van der Waals surface area contributed by atoms with E-state index in [0.29, 0.717) is 18.7 Å². The average Bonchev–Trinajstić information content (AvgIpc) is 2.74. The van der Waals surface area contributed by atoms with Gasteiger partial charge in [-0.1, -0.05) is 12.1 Å². The van der Waals surface area contributed by atoms with Crippen molar-refractivity contribution in [2.24, 2.45) is 0 Å². The fraction of sp³-hybridized carbons (Fsp3) is 0.318. The topological polar surface area (TPSA) is 102 Å². The van der Waals surface area contributed by atoms with Gasteiger partial charge in [0, 0.05) is 48.4 Å². The Kier molecular flexibility index (Phi) is 5.97. The molecule has 9 heteroatoms. The number of anilines is 1. The van der Waals surface area contributed by atoms with Crippen molar-refractivity contribution in [1.82, 2.24) is 19.3 Å². The summed E-state index contributed by atoms with van der Waals surface area (Å²) in [6.07, 6.45) is 4.91. The Morgan fingerprint density at radius 2 is 1.94 bits per heavy atom. The van der Waals surface area contributed by atoms with Crippen molar-refractivity contribution in [2.45, 2.75) is 31.4 Å². The van der Waals surface area contributed by atoms with Crippen molar-refractivity contribution in [1.29, 1.82) is 0 Å². The van der Waals surface area contributed by atoms with Crippen LogP contribution in [0.2, 0.25) is 0 Å². The zero-order valence-corrected chi connectivity index (χ0v) is 18.0. The van der Waals surface area contributed by atoms with E-state index in [1.165, 1.54) is 22.5 Å². The maximum atomic E-state index is 13.5. The first-order valence-corrected chi connectivity index (χ1v) is 11.7. The lowest BCUT2D eigenvalue weighted by atomic mass is 9.93. The van der Waals surface area contributed by atoms with E-state index in [4.69, 9.17) is 5.73 Å². The molecular weight excluding hydrogens is 417 g/mol. The number of nitrogen functional groups attached to an aromatic ring is 1. The predicted octanol–water partition coefficient (Wildman–Crippen LogP) is 3.28. The highest BCUT2D eigenvalue weighted by atomic mass is 32.2. The minimum absolute atomic E-state index is 0.0237. The van der Waals surface area contributed by atoms with Crippen LogP contribution in [-0.4, -0.2) is 40.8 Å². The van der Waals surface area contributed by atoms with Crippen molar-refractivity contribution in [2.75, 3.05) is 18.8 Å². The highest BCUT2D eigenvalue weighted by molar-refractivity contribution is 7.88. The number of nitrogens with two attached hydrogens (primary N) is 1. The summed E-state index contributed by atoms with van der Waals surface area (Å²) in [4.78, 5) is 12.8. The van der Waals surface area contributed by atoms with Crippen LogP contribution in [0.5, 0.6) is 0 Å². The molecule has 0 radical (unpaired) electrons. The van der Waals surface area contributed by atoms with E-state index in [0.717, 1.165) is 35.4 Å². The van der Waals surface area contributed by atoms with Gasteiger partial charge >= 0.3 is 0 Å². The third kappa shape index (κ3) is 5.05. The van der Waals surface area contributed by atoms with Gasteiger partial charge < -0.3 is 5.73 Å². The molecule has 162 valence electrons. The molecule has 4 rings (SSSR count). The van der Waals surface area contributed by atoms with Crippen LogP contribution < -0.4 is 5.73 Å². The van der Waals surface area contributed by atoms with Gasteiger partial charge in [-0.2, -0.15) is 0 Å². The van der Waals surface area contributed by atoms with Crippen LogP contribution in [0.25, 0.3) is 11.1 Å². The van der Waals surface area contributed by atoms with Gasteiger partial charge in [0.05, 0.1) is 5.75 Å². The van der Waals surface area contributed by atoms with Gasteiger partial charge in [0.25, 0.3) is 0 Å². The molecule has 1 aromatic carbocycles. The number of aryl methyl sites for hydroxylation is 1. The quantitative estimate of drug-likeness (QED) is 0.652. The lowest BCUT2D eigenvalue weighted by Crippen LogP contribution is -2.40. The van der Waals surface area contributed by atoms with E-state index < -0.39 is 15.8 Å². The number of aromatic nitrogens is 3. The third-order valence-corrected chi connectivity index (χ3v) is 7.23. The smallest absolute Gasteiger partial charge is 0.219 e. The van der Waals surface area contributed by atoms with Gasteiger partial charge in [0.2, 0.25) is 16.0 Å². The van der Waals surface area contributed by atoms with Crippen LogP contribution in [0.1, 0.15) is 35.7 Å². The summed E-state index contributed by atoms with van der Waals surface area (Å²) < 4.78 is 40.9. The molecule has 2 N–H and O–H groups in total. The van der Waals surface area contributed by atoms with E-state index in [9.17, 15) is 12.8 Å². The molecule has 0 bridgehead atoms. The van der Waals surface area contributed by atoms with Crippen molar-refractivity contribution < 1.29 is 12.8 Å². The number of benzene rings is 1. The van der Waals surface area contributed by atoms with E-state index >= 15 is 0 Å². The Morgan fingerprint density at radius 3 is 2.68 bits per heavy atom. The van der Waals surface area contributed by atoms with Crippen LogP contribution in [-0.2, 0) is 15.8 Å². The first kappa shape index (κ1) is 21.3. The van der Waals surface area contributed by atoms with Gasteiger partial charge in [-0.05, 0) is 55.2 Å². The van der Waals surface area contributed by atoms with Crippen LogP contribution in [0.15, 0.2) is 48.8 Å². The Hall–Kier alpha value is -2.91. The molecule has 31 heavy (non-hydrogen) atoms. The van der Waals surface area contributed by atoms with E-state index in [-0.39, 0.29) is 17.6 Å². The molecule has 3 heterocycles. The molecule has 2 aromatic heterocycles. The number of halogens is 1. The molecule has 7 nitrogen and oxygen atoms in total. The Bertz CT molecular complexity index is 1180. The molecule has 1 aliphatic heterocycles. The predicted molar refractivity (Wildman–Crippen MR) is 117 cm³/mol. The van der Waals surface area contributed by atoms with Gasteiger partial charge in [-0.15, -0.1) is 0 Å². The molecule has 0 amide bonds. The second-order valence-electron chi connectivity index (χ2n) is 7.84. The van der Waals surface area contributed by atoms with E-state index in [1.807, 2.05) is 19.1 Å². The summed E-state index contributed by atoms with van der Waals surface area (Å²) in [6.45, 7) is 2.72. The van der Waals surface area contributed by atoms with Crippen LogP contribution in [0, 0.1) is 12.7 Å². The second-order valence-corrected chi connectivity index (χ2v) is 9.80. The Balaban J connectivity index is 1.56. The molecule has 1 unspecified atom stereocenters. The fourth-order valence-corrected chi connectivity index (χ4v) is 5.52. The van der Waals surface area contributed by atoms with Gasteiger partial charge in [0.1, 0.15) is 5.82 Å². The first-order valence-electron chi connectivity index (χ1n) is 10.1. The number of hydrogen-bond acceptors (Lipinski definition) is 6. The molecule has 0 aliphatic carbocycles. The molecular formula is C22H24FN5O2S. The summed E-state index contributed by atoms with van der Waals surface area (Å²) in [6, 6.07) is 9.64. The third-order valence-electron chi connectivity index (χ3n) is 5.41. The molecule has 1 fully saturated rings. The Morgan fingerprint density at radius 1 is 1.16 bits per heavy atom. The molecule has 1 saturated heterocycles. The van der Waals surface area contributed by atoms with Gasteiger partial charge in [-0.25, -0.2) is 27.1 Å². The van der Waals surface area contributed by atoms with Crippen molar-refractivity contribution in [3.63, 3.8) is 0 Å². The minimum atomic E-state index is -3.57. The number of hydrogen-bond donors (Lipinski definition) is 1. The minimum Gasteiger partial charge on any atom is -0.368 e. The van der Waals surface area contributed by atoms with Crippen LogP contribution >= 0.6 is 0 Å². The zero-order valence-electron chi connectivity index (χ0n) is 17.2. The number of piperidine rings is 1. The summed E-state index contributed by atoms with van der Waals surface area (Å²) in [5, 5.41) is 0. The number of pyridine rings is 1. The molecule has 1 atom stereocenters. The van der Waals surface area contributed by atoms with Gasteiger partial charge in [-0.3, -0.25) is 4.98 Å². The van der Waals surface area contributed by atoms with Crippen LogP contribution in [0.4, 0.5) is 10.3 Å². The standard InChI is InChI=1S/C22H24FN5O2S/c1-15-8-18(19-11-25-22(24)26-12-19)10-21(27-15)17-5-3-7-28(13-17)31(29,30)14-16-4-2-6-20(23)9-16/h2,4,6,8-12,17H,3,5,7,13-14H2,1H3,(H2,24,25,26). The fourth-order valence-electron chi connectivity index (χ4n) is 3.92. The number of rotatable bonds is 5. The lowest BCUT2D eigenvalue weighted by molar-refractivity contribution is 0.312. The summed E-state index contributed by atoms with van der Waals surface area (Å²) in [5.41, 5.74) is 9.46. The normalized spacial score (nSPS) is 17.5. The summed E-state index contributed by atoms with van der Waals surface area (Å²) >= 11 is 0. The van der Waals surface area contributed by atoms with Crippen molar-refractivity contribution in [3.8, 4) is 11.1 Å². The Labute approximate surface area is 181 Å². The highest BCUT2D eigenvalue weighted by Gasteiger charge is 2.30. The monoisotopic (exact) mass is 441 g/mol. The molecule has 0 spiro atoms. The SMILES string of the molecule is Cc1cc(-c2cnc(N)nc2)cc(C2CCCN(S(=O)(=O)Cc3cccc(F)c3)C2)n1. The molecule has 0 saturated carbocycles. The summed E-state index contributed by atoms with van der Waals surface area (Å²) in [7, 11) is -3.57. The molecule has 1 aliphatic rings. The van der Waals surface area contributed by atoms with E-state index in [1.54, 1.807) is 18.5 Å². The average molecular weight is 442 g/mol. The largest absolute Gasteiger partial charge is 0.368 e. The maximum Gasteiger partial charge on any atom is 0.219 e. The molecule has 3 aromatic rings. The zero-order chi connectivity index (χ0) is 22.0. The van der Waals surface area contributed by atoms with Crippen molar-refractivity contribution >= 4 is 16.0 Å². The second kappa shape index (κ2) is 8.68. The maximum absolute atomic E-state index is 13.5. The highest BCUT2D eigenvalue weighted by Crippen LogP contribution is 2.31. The first-order chi connectivity index (χ1) is 14.8. The van der Waals surface area contributed by atoms with Crippen molar-refractivity contribution in [3.05, 3.63) is 71.6 Å².